The van der Waals surface area contributed by atoms with Crippen molar-refractivity contribution in [3.05, 3.63) is 71.5 Å². The van der Waals surface area contributed by atoms with Crippen LogP contribution in [0.15, 0.2) is 54.6 Å². The Kier molecular flexibility index (Phi) is 4.24. The van der Waals surface area contributed by atoms with E-state index in [1.807, 2.05) is 49.4 Å². The molecule has 0 fully saturated rings. The lowest BCUT2D eigenvalue weighted by Gasteiger charge is -2.07. The fourth-order valence-electron chi connectivity index (χ4n) is 2.37. The Bertz CT molecular complexity index is 858. The lowest BCUT2D eigenvalue weighted by Crippen LogP contribution is -2.07. The van der Waals surface area contributed by atoms with E-state index in [0.717, 1.165) is 27.8 Å². The number of aromatic nitrogens is 1. The zero-order valence-corrected chi connectivity index (χ0v) is 13.1. The average Bonchev–Trinajstić information content (AvgIpc) is 2.59. The van der Waals surface area contributed by atoms with E-state index in [4.69, 9.17) is 9.47 Å². The summed E-state index contributed by atoms with van der Waals surface area (Å²) in [6, 6.07) is 17.1. The molecule has 0 saturated heterocycles. The zero-order chi connectivity index (χ0) is 16.2. The number of aryl methyl sites for hydroxylation is 1. The molecule has 0 radical (unpaired) electrons. The van der Waals surface area contributed by atoms with E-state index in [1.165, 1.54) is 0 Å². The highest BCUT2D eigenvalue weighted by atomic mass is 16.5. The smallest absolute Gasteiger partial charge is 0.357 e. The summed E-state index contributed by atoms with van der Waals surface area (Å²) < 4.78 is 10.6. The number of carbonyl (C=O) groups excluding carboxylic acids is 1. The van der Waals surface area contributed by atoms with Crippen LogP contribution < -0.4 is 4.74 Å². The number of nitrogens with zero attached hydrogens (tertiary/aromatic N) is 1. The molecule has 1 heterocycles. The van der Waals surface area contributed by atoms with Crippen molar-refractivity contribution in [1.29, 1.82) is 0 Å². The lowest BCUT2D eigenvalue weighted by molar-refractivity contribution is 0.0465. The maximum Gasteiger partial charge on any atom is 0.357 e. The topological polar surface area (TPSA) is 48.4 Å². The molecular weight excluding hydrogens is 290 g/mol. The van der Waals surface area contributed by atoms with Crippen LogP contribution in [0, 0.1) is 6.92 Å². The normalized spacial score (nSPS) is 10.5. The van der Waals surface area contributed by atoms with Gasteiger partial charge in [0.15, 0.2) is 0 Å². The van der Waals surface area contributed by atoms with Crippen molar-refractivity contribution >= 4 is 16.7 Å². The Balaban J connectivity index is 1.73. The standard InChI is InChI=1S/C19H17NO3/c1-13-4-3-5-18(20-13)19(21)23-12-14-6-7-16-11-17(22-2)9-8-15(16)10-14/h3-11H,12H2,1-2H3. The van der Waals surface area contributed by atoms with Crippen molar-refractivity contribution < 1.29 is 14.3 Å². The molecule has 0 saturated carbocycles. The quantitative estimate of drug-likeness (QED) is 0.686. The summed E-state index contributed by atoms with van der Waals surface area (Å²) >= 11 is 0. The molecule has 0 atom stereocenters. The summed E-state index contributed by atoms with van der Waals surface area (Å²) in [5, 5.41) is 2.16. The van der Waals surface area contributed by atoms with Crippen LogP contribution in [0.2, 0.25) is 0 Å². The highest BCUT2D eigenvalue weighted by Gasteiger charge is 2.09. The van der Waals surface area contributed by atoms with E-state index < -0.39 is 5.97 Å². The molecule has 2 aromatic carbocycles. The molecule has 0 unspecified atom stereocenters. The van der Waals surface area contributed by atoms with Crippen molar-refractivity contribution in [1.82, 2.24) is 4.98 Å². The number of pyridine rings is 1. The number of hydrogen-bond donors (Lipinski definition) is 0. The van der Waals surface area contributed by atoms with Gasteiger partial charge < -0.3 is 9.47 Å². The molecule has 0 amide bonds. The second-order valence-electron chi connectivity index (χ2n) is 5.29. The van der Waals surface area contributed by atoms with Gasteiger partial charge in [-0.1, -0.05) is 24.3 Å². The van der Waals surface area contributed by atoms with Crippen molar-refractivity contribution in [2.75, 3.05) is 7.11 Å². The molecule has 4 nitrogen and oxygen atoms in total. The van der Waals surface area contributed by atoms with Gasteiger partial charge in [-0.15, -0.1) is 0 Å². The van der Waals surface area contributed by atoms with E-state index in [2.05, 4.69) is 4.98 Å². The number of ether oxygens (including phenoxy) is 2. The number of rotatable bonds is 4. The van der Waals surface area contributed by atoms with E-state index in [9.17, 15) is 4.79 Å². The second-order valence-corrected chi connectivity index (χ2v) is 5.29. The van der Waals surface area contributed by atoms with Crippen molar-refractivity contribution in [3.8, 4) is 5.75 Å². The SMILES string of the molecule is COc1ccc2cc(COC(=O)c3cccc(C)n3)ccc2c1. The highest BCUT2D eigenvalue weighted by molar-refractivity contribution is 5.87. The summed E-state index contributed by atoms with van der Waals surface area (Å²) in [6.45, 7) is 2.06. The van der Waals surface area contributed by atoms with Crippen LogP contribution in [0.1, 0.15) is 21.7 Å². The third kappa shape index (κ3) is 3.48. The molecule has 116 valence electrons. The number of hydrogen-bond acceptors (Lipinski definition) is 4. The van der Waals surface area contributed by atoms with Crippen LogP contribution in [0.3, 0.4) is 0 Å². The fraction of sp³-hybridized carbons (Fsp3) is 0.158. The predicted molar refractivity (Wildman–Crippen MR) is 88.6 cm³/mol. The zero-order valence-electron chi connectivity index (χ0n) is 13.1. The predicted octanol–water partition coefficient (Wildman–Crippen LogP) is 3.91. The van der Waals surface area contributed by atoms with E-state index in [0.29, 0.717) is 5.69 Å². The van der Waals surface area contributed by atoms with E-state index >= 15 is 0 Å². The molecule has 0 bridgehead atoms. The van der Waals surface area contributed by atoms with Crippen LogP contribution in [0.5, 0.6) is 5.75 Å². The Hall–Kier alpha value is -2.88. The van der Waals surface area contributed by atoms with Gasteiger partial charge in [0, 0.05) is 5.69 Å². The first kappa shape index (κ1) is 15.0. The molecular formula is C19H17NO3. The van der Waals surface area contributed by atoms with Crippen LogP contribution in [0.25, 0.3) is 10.8 Å². The molecule has 1 aromatic heterocycles. The Morgan fingerprint density at radius 1 is 1.04 bits per heavy atom. The maximum atomic E-state index is 12.0. The molecule has 0 spiro atoms. The molecule has 0 aliphatic heterocycles. The average molecular weight is 307 g/mol. The van der Waals surface area contributed by atoms with Gasteiger partial charge in [0.25, 0.3) is 0 Å². The van der Waals surface area contributed by atoms with Crippen LogP contribution in [-0.2, 0) is 11.3 Å². The van der Waals surface area contributed by atoms with Gasteiger partial charge in [-0.3, -0.25) is 0 Å². The van der Waals surface area contributed by atoms with Crippen molar-refractivity contribution in [2.24, 2.45) is 0 Å². The van der Waals surface area contributed by atoms with Gasteiger partial charge in [0.2, 0.25) is 0 Å². The Morgan fingerprint density at radius 2 is 1.83 bits per heavy atom. The monoisotopic (exact) mass is 307 g/mol. The van der Waals surface area contributed by atoms with Gasteiger partial charge in [-0.05, 0) is 53.6 Å². The molecule has 23 heavy (non-hydrogen) atoms. The summed E-state index contributed by atoms with van der Waals surface area (Å²) in [7, 11) is 1.65. The summed E-state index contributed by atoms with van der Waals surface area (Å²) in [5.41, 5.74) is 2.05. The first-order chi connectivity index (χ1) is 11.2. The van der Waals surface area contributed by atoms with Gasteiger partial charge in [-0.25, -0.2) is 9.78 Å². The van der Waals surface area contributed by atoms with Gasteiger partial charge >= 0.3 is 5.97 Å². The third-order valence-corrected chi connectivity index (χ3v) is 3.58. The molecule has 0 N–H and O–H groups in total. The third-order valence-electron chi connectivity index (χ3n) is 3.58. The van der Waals surface area contributed by atoms with Gasteiger partial charge in [0.1, 0.15) is 18.1 Å². The number of esters is 1. The van der Waals surface area contributed by atoms with Crippen molar-refractivity contribution in [3.63, 3.8) is 0 Å². The largest absolute Gasteiger partial charge is 0.497 e. The Labute approximate surface area is 134 Å². The number of carbonyl (C=O) groups is 1. The molecule has 3 rings (SSSR count). The van der Waals surface area contributed by atoms with E-state index in [-0.39, 0.29) is 6.61 Å². The molecule has 3 aromatic rings. The lowest BCUT2D eigenvalue weighted by atomic mass is 10.1. The molecule has 4 heteroatoms. The minimum Gasteiger partial charge on any atom is -0.497 e. The van der Waals surface area contributed by atoms with Crippen molar-refractivity contribution in [2.45, 2.75) is 13.5 Å². The highest BCUT2D eigenvalue weighted by Crippen LogP contribution is 2.22. The molecule has 0 aliphatic carbocycles. The first-order valence-corrected chi connectivity index (χ1v) is 7.33. The van der Waals surface area contributed by atoms with Crippen LogP contribution >= 0.6 is 0 Å². The minimum atomic E-state index is -0.413. The number of benzene rings is 2. The first-order valence-electron chi connectivity index (χ1n) is 7.33. The van der Waals surface area contributed by atoms with Crippen LogP contribution in [-0.4, -0.2) is 18.1 Å². The minimum absolute atomic E-state index is 0.219. The summed E-state index contributed by atoms with van der Waals surface area (Å²) in [5.74, 6) is 0.408. The number of methoxy groups -OCH3 is 1. The maximum absolute atomic E-state index is 12.0. The number of fused-ring (bicyclic) bond motifs is 1. The Morgan fingerprint density at radius 3 is 2.61 bits per heavy atom. The van der Waals surface area contributed by atoms with E-state index in [1.54, 1.807) is 19.2 Å². The second kappa shape index (κ2) is 6.48. The fourth-order valence-corrected chi connectivity index (χ4v) is 2.37. The molecule has 0 aliphatic rings. The summed E-state index contributed by atoms with van der Waals surface area (Å²) in [4.78, 5) is 16.2. The summed E-state index contributed by atoms with van der Waals surface area (Å²) in [6.07, 6.45) is 0. The van der Waals surface area contributed by atoms with Gasteiger partial charge in [0.05, 0.1) is 7.11 Å². The van der Waals surface area contributed by atoms with Crippen LogP contribution in [0.4, 0.5) is 0 Å². The van der Waals surface area contributed by atoms with Gasteiger partial charge in [-0.2, -0.15) is 0 Å².